The van der Waals surface area contributed by atoms with Crippen LogP contribution in [0, 0.1) is 17.3 Å². The Hall–Kier alpha value is -3.55. The van der Waals surface area contributed by atoms with E-state index in [-0.39, 0.29) is 130 Å². The average molecular weight is 1150 g/mol. The topological polar surface area (TPSA) is 172 Å². The van der Waals surface area contributed by atoms with E-state index in [1.807, 2.05) is 37.1 Å². The Bertz CT molecular complexity index is 2600. The number of aromatic nitrogens is 3. The molecular weight excluding hydrogens is 1080 g/mol. The van der Waals surface area contributed by atoms with Crippen LogP contribution in [0.15, 0.2) is 54.6 Å². The summed E-state index contributed by atoms with van der Waals surface area (Å²) in [7, 11) is 3.31. The molecule has 8 rings (SSSR count). The lowest BCUT2D eigenvalue weighted by atomic mass is 9.84. The predicted octanol–water partition coefficient (Wildman–Crippen LogP) is 7.06. The van der Waals surface area contributed by atoms with Gasteiger partial charge < -0.3 is 34.1 Å². The Labute approximate surface area is 482 Å². The van der Waals surface area contributed by atoms with Gasteiger partial charge in [0, 0.05) is 92.3 Å². The highest BCUT2D eigenvalue weighted by Gasteiger charge is 2.45. The summed E-state index contributed by atoms with van der Waals surface area (Å²) in [5.74, 6) is -1.67. The lowest BCUT2D eigenvalue weighted by Crippen LogP contribution is -2.62. The Morgan fingerprint density at radius 2 is 1.76 bits per heavy atom. The number of methoxy groups -OCH3 is 1. The van der Waals surface area contributed by atoms with E-state index in [1.54, 1.807) is 25.3 Å². The fourth-order valence-electron chi connectivity index (χ4n) is 10.8. The van der Waals surface area contributed by atoms with Gasteiger partial charge in [-0.1, -0.05) is 40.3 Å². The molecule has 0 unspecified atom stereocenters. The van der Waals surface area contributed by atoms with Gasteiger partial charge >= 0.3 is 12.0 Å². The SMILES string of the molecule is C=CC(=O)N1CCC[C@H]2CN(C(=O)N(C)[C@H](C(=O)N[C@H]3Cc4nc(cs4)-c4ccc5c(c4)c(c(-c4cccnc4[C@H](C)OC)n5CC)CC(C)(C)COC(=O)[C@@H]4CCCN(N4)C3=O)C(C)C)C[C@H]21.S.S.S.S.S.S. The van der Waals surface area contributed by atoms with Crippen molar-refractivity contribution < 1.29 is 33.4 Å². The number of carbonyl (C=O) groups excluding carboxylic acids is 5. The van der Waals surface area contributed by atoms with Crippen LogP contribution in [0.5, 0.6) is 0 Å². The standard InChI is InChI=1S/C51H67N9O7S.6H2S/c1-10-43(61)59-21-13-15-33-26-57(27-41(33)59)50(65)56(8)45(30(3)4)47(62)54-38-24-42-53-39(28-68-42)32-18-19-40-35(23-32)36(46(58(40)11-2)34-16-12-20-52-44(34)31(5)66-9)25-51(6,7)29-67-49(64)37-17-14-22-60(55-37)48(38)63;;;;;;/h10,12,16,18-20,23,28,30-31,33,37-38,41,45,55H,1,11,13-15,17,21-22,24-27,29H2,2-9H3,(H,54,62);6*1H2/t31-,33-,37-,38-,41+,45-;;;;;;/m0....../s1. The van der Waals surface area contributed by atoms with Gasteiger partial charge in [-0.05, 0) is 93.7 Å². The zero-order chi connectivity index (χ0) is 48.6. The number of urea groups is 1. The second-order valence-corrected chi connectivity index (χ2v) is 20.9. The number of ether oxygens (including phenoxy) is 2. The Kier molecular flexibility index (Phi) is 25.4. The maximum absolute atomic E-state index is 14.7. The molecule has 0 aliphatic carbocycles. The third-order valence-corrected chi connectivity index (χ3v) is 15.2. The average Bonchev–Trinajstić information content (AvgIpc) is 4.07. The predicted molar refractivity (Wildman–Crippen MR) is 323 cm³/mol. The van der Waals surface area contributed by atoms with E-state index < -0.39 is 41.3 Å². The molecule has 3 fully saturated rings. The van der Waals surface area contributed by atoms with E-state index in [4.69, 9.17) is 19.4 Å². The van der Waals surface area contributed by atoms with Crippen LogP contribution in [0.1, 0.15) is 89.6 Å². The number of hydrogen-bond acceptors (Lipinski definition) is 11. The van der Waals surface area contributed by atoms with Crippen LogP contribution in [0.3, 0.4) is 0 Å². The maximum Gasteiger partial charge on any atom is 0.324 e. The molecule has 3 aromatic heterocycles. The van der Waals surface area contributed by atoms with Crippen LogP contribution in [-0.4, -0.2) is 135 Å². The highest BCUT2D eigenvalue weighted by molar-refractivity contribution is 7.60. The minimum atomic E-state index is -1.09. The van der Waals surface area contributed by atoms with Gasteiger partial charge in [0.05, 0.1) is 40.8 Å². The lowest BCUT2D eigenvalue weighted by molar-refractivity contribution is -0.155. The number of hydrogen-bond donors (Lipinski definition) is 2. The van der Waals surface area contributed by atoms with Crippen molar-refractivity contribution in [1.29, 1.82) is 0 Å². The molecule has 74 heavy (non-hydrogen) atoms. The first kappa shape index (κ1) is 66.6. The molecule has 6 atom stereocenters. The number of aryl methyl sites for hydroxylation is 1. The van der Waals surface area contributed by atoms with Gasteiger partial charge in [0.1, 0.15) is 18.1 Å². The van der Waals surface area contributed by atoms with Gasteiger partial charge in [-0.15, -0.1) is 11.3 Å². The third kappa shape index (κ3) is 13.8. The van der Waals surface area contributed by atoms with Crippen molar-refractivity contribution in [3.05, 3.63) is 70.8 Å². The summed E-state index contributed by atoms with van der Waals surface area (Å²) in [6.07, 6.45) is 6.27. The first-order chi connectivity index (χ1) is 32.5. The van der Waals surface area contributed by atoms with Crippen molar-refractivity contribution >= 4 is 133 Å². The molecule has 4 aliphatic heterocycles. The van der Waals surface area contributed by atoms with Crippen molar-refractivity contribution in [1.82, 2.24) is 45.0 Å². The molecule has 0 saturated carbocycles. The summed E-state index contributed by atoms with van der Waals surface area (Å²) in [5, 5.41) is 8.15. The molecule has 3 saturated heterocycles. The van der Waals surface area contributed by atoms with Gasteiger partial charge in [0.2, 0.25) is 11.8 Å². The Morgan fingerprint density at radius 1 is 1.04 bits per heavy atom. The second-order valence-electron chi connectivity index (χ2n) is 20.0. The van der Waals surface area contributed by atoms with E-state index in [9.17, 15) is 24.0 Å². The zero-order valence-electron chi connectivity index (χ0n) is 43.7. The molecule has 412 valence electrons. The number of thiazole rings is 1. The molecule has 4 aromatic rings. The summed E-state index contributed by atoms with van der Waals surface area (Å²) in [4.78, 5) is 85.2. The number of likely N-dealkylation sites (tertiary alicyclic amines) is 2. The highest BCUT2D eigenvalue weighted by atomic mass is 32.1. The molecule has 7 heterocycles. The van der Waals surface area contributed by atoms with Crippen molar-refractivity contribution in [3.8, 4) is 22.5 Å². The number of pyridine rings is 1. The van der Waals surface area contributed by atoms with Crippen LogP contribution < -0.4 is 10.7 Å². The second kappa shape index (κ2) is 28.2. The first-order valence-corrected chi connectivity index (χ1v) is 25.0. The molecule has 6 bridgehead atoms. The summed E-state index contributed by atoms with van der Waals surface area (Å²) in [6, 6.07) is 7.20. The number of esters is 1. The number of benzene rings is 1. The summed E-state index contributed by atoms with van der Waals surface area (Å²) < 4.78 is 14.3. The smallest absolute Gasteiger partial charge is 0.324 e. The summed E-state index contributed by atoms with van der Waals surface area (Å²) in [6.45, 7) is 18.4. The fraction of sp³-hybridized carbons (Fsp3) is 0.549. The molecule has 1 aromatic carbocycles. The minimum Gasteiger partial charge on any atom is -0.464 e. The van der Waals surface area contributed by atoms with Crippen LogP contribution in [0.2, 0.25) is 0 Å². The highest BCUT2D eigenvalue weighted by Crippen LogP contribution is 2.42. The van der Waals surface area contributed by atoms with Crippen LogP contribution in [0.25, 0.3) is 33.4 Å². The number of nitrogens with one attached hydrogen (secondary N) is 2. The molecular formula is C51H79N9O7S7. The number of piperidine rings is 1. The van der Waals surface area contributed by atoms with Crippen molar-refractivity contribution in [3.63, 3.8) is 0 Å². The first-order valence-electron chi connectivity index (χ1n) is 24.1. The normalized spacial score (nSPS) is 21.0. The van der Waals surface area contributed by atoms with Crippen molar-refractivity contribution in [2.75, 3.05) is 46.9 Å². The number of rotatable bonds is 9. The van der Waals surface area contributed by atoms with Crippen molar-refractivity contribution in [2.24, 2.45) is 17.3 Å². The third-order valence-electron chi connectivity index (χ3n) is 14.3. The van der Waals surface area contributed by atoms with Gasteiger partial charge in [-0.3, -0.25) is 29.2 Å². The quantitative estimate of drug-likeness (QED) is 0.131. The zero-order valence-corrected chi connectivity index (χ0v) is 50.6. The van der Waals surface area contributed by atoms with Gasteiger partial charge in [0.15, 0.2) is 0 Å². The number of likely N-dealkylation sites (N-methyl/N-ethyl adjacent to an activating group) is 1. The van der Waals surface area contributed by atoms with Crippen LogP contribution in [-0.2, 0) is 48.0 Å². The molecule has 2 N–H and O–H groups in total. The van der Waals surface area contributed by atoms with Gasteiger partial charge in [0.25, 0.3) is 5.91 Å². The molecule has 4 aliphatic rings. The van der Waals surface area contributed by atoms with Crippen molar-refractivity contribution in [2.45, 2.75) is 117 Å². The minimum absolute atomic E-state index is 0. The van der Waals surface area contributed by atoms with Crippen LogP contribution in [0.4, 0.5) is 4.79 Å². The maximum atomic E-state index is 14.7. The number of cyclic esters (lactones) is 1. The fourth-order valence-corrected chi connectivity index (χ4v) is 11.7. The molecule has 5 amide bonds. The van der Waals surface area contributed by atoms with E-state index in [0.29, 0.717) is 57.0 Å². The van der Waals surface area contributed by atoms with Gasteiger partial charge in [-0.25, -0.2) is 15.2 Å². The molecule has 23 heteroatoms. The van der Waals surface area contributed by atoms with Gasteiger partial charge in [-0.2, -0.15) is 81.0 Å². The van der Waals surface area contributed by atoms with E-state index in [1.165, 1.54) is 27.3 Å². The summed E-state index contributed by atoms with van der Waals surface area (Å²) in [5.41, 5.74) is 9.28. The van der Waals surface area contributed by atoms with E-state index >= 15 is 0 Å². The summed E-state index contributed by atoms with van der Waals surface area (Å²) >= 11 is 1.41. The lowest BCUT2D eigenvalue weighted by Gasteiger charge is -2.37. The van der Waals surface area contributed by atoms with Crippen LogP contribution >= 0.6 is 92.3 Å². The largest absolute Gasteiger partial charge is 0.464 e. The molecule has 0 radical (unpaired) electrons. The Balaban J connectivity index is 0.00000312. The number of hydrazine groups is 1. The molecule has 16 nitrogen and oxygen atoms in total. The number of amides is 5. The monoisotopic (exact) mass is 1150 g/mol. The van der Waals surface area contributed by atoms with E-state index in [2.05, 4.69) is 66.9 Å². The number of nitrogens with zero attached hydrogens (tertiary/aromatic N) is 7. The molecule has 0 spiro atoms. The number of fused-ring (bicyclic) bond motifs is 7. The van der Waals surface area contributed by atoms with E-state index in [0.717, 1.165) is 57.5 Å². The Morgan fingerprint density at radius 3 is 2.43 bits per heavy atom. The number of carbonyl (C=O) groups is 5.